The first-order chi connectivity index (χ1) is 9.99. The van der Waals surface area contributed by atoms with E-state index in [2.05, 4.69) is 17.9 Å². The summed E-state index contributed by atoms with van der Waals surface area (Å²) in [6.07, 6.45) is 1.21. The predicted octanol–water partition coefficient (Wildman–Crippen LogP) is 2.75. The van der Waals surface area contributed by atoms with Crippen LogP contribution >= 0.6 is 23.1 Å². The number of rotatable bonds is 4. The molecule has 21 heavy (non-hydrogen) atoms. The van der Waals surface area contributed by atoms with Crippen LogP contribution in [0.3, 0.4) is 0 Å². The minimum Gasteiger partial charge on any atom is -0.320 e. The molecule has 0 radical (unpaired) electrons. The number of sulfone groups is 1. The molecule has 0 amide bonds. The average Bonchev–Trinajstić information content (AvgIpc) is 2.90. The van der Waals surface area contributed by atoms with Crippen LogP contribution in [0.2, 0.25) is 0 Å². The van der Waals surface area contributed by atoms with E-state index in [9.17, 15) is 8.42 Å². The first-order valence-electron chi connectivity index (χ1n) is 6.18. The monoisotopic (exact) mass is 337 g/mol. The fourth-order valence-corrected chi connectivity index (χ4v) is 4.01. The Hall–Kier alpha value is -1.26. The first kappa shape index (κ1) is 16.1. The molecule has 0 aliphatic carbocycles. The molecule has 2 N–H and O–H groups in total. The smallest absolute Gasteiger partial charge is 0.175 e. The van der Waals surface area contributed by atoms with Crippen molar-refractivity contribution in [2.45, 2.75) is 15.5 Å². The van der Waals surface area contributed by atoms with Gasteiger partial charge >= 0.3 is 0 Å². The lowest BCUT2D eigenvalue weighted by molar-refractivity contribution is 0.602. The number of benzene rings is 1. The summed E-state index contributed by atoms with van der Waals surface area (Å²) >= 11 is 3.34. The highest BCUT2D eigenvalue weighted by molar-refractivity contribution is 7.98. The van der Waals surface area contributed by atoms with Gasteiger partial charge in [-0.15, -0.1) is 23.1 Å². The van der Waals surface area contributed by atoms with Crippen molar-refractivity contribution >= 4 is 32.9 Å². The van der Waals surface area contributed by atoms with Gasteiger partial charge in [0, 0.05) is 32.7 Å². The zero-order valence-electron chi connectivity index (χ0n) is 11.5. The summed E-state index contributed by atoms with van der Waals surface area (Å²) in [5.41, 5.74) is 6.34. The maximum Gasteiger partial charge on any atom is 0.175 e. The molecule has 1 aromatic heterocycles. The number of nitrogens with two attached hydrogens (primary N) is 1. The van der Waals surface area contributed by atoms with Crippen molar-refractivity contribution in [1.82, 2.24) is 0 Å². The Kier molecular flexibility index (Phi) is 5.48. The minimum atomic E-state index is -3.12. The SMILES string of the molecule is CS(=O)(=O)c1ccc(SCc2cc(C#CCN)cs2)cc1. The summed E-state index contributed by atoms with van der Waals surface area (Å²) in [5, 5.41) is 2.02. The Bertz CT molecular complexity index is 765. The lowest BCUT2D eigenvalue weighted by atomic mass is 10.3. The molecule has 0 atom stereocenters. The molecule has 0 spiro atoms. The van der Waals surface area contributed by atoms with Crippen molar-refractivity contribution in [2.24, 2.45) is 5.73 Å². The zero-order chi connectivity index (χ0) is 15.3. The Labute approximate surface area is 133 Å². The van der Waals surface area contributed by atoms with Gasteiger partial charge in [0.1, 0.15) is 0 Å². The lowest BCUT2D eigenvalue weighted by Gasteiger charge is -2.02. The first-order valence-corrected chi connectivity index (χ1v) is 9.94. The maximum atomic E-state index is 11.4. The lowest BCUT2D eigenvalue weighted by Crippen LogP contribution is -1.95. The van der Waals surface area contributed by atoms with E-state index in [1.807, 2.05) is 17.5 Å². The quantitative estimate of drug-likeness (QED) is 0.688. The van der Waals surface area contributed by atoms with Gasteiger partial charge in [0.15, 0.2) is 9.84 Å². The van der Waals surface area contributed by atoms with Crippen molar-refractivity contribution in [1.29, 1.82) is 0 Å². The second-order valence-electron chi connectivity index (χ2n) is 4.34. The van der Waals surface area contributed by atoms with Crippen LogP contribution < -0.4 is 5.73 Å². The van der Waals surface area contributed by atoms with Gasteiger partial charge in [0.25, 0.3) is 0 Å². The number of hydrogen-bond donors (Lipinski definition) is 1. The number of thiophene rings is 1. The molecular formula is C15H15NO2S3. The van der Waals surface area contributed by atoms with E-state index >= 15 is 0 Å². The second kappa shape index (κ2) is 7.14. The number of hydrogen-bond acceptors (Lipinski definition) is 5. The highest BCUT2D eigenvalue weighted by atomic mass is 32.2. The number of thioether (sulfide) groups is 1. The molecule has 1 aromatic carbocycles. The molecule has 0 saturated carbocycles. The third-order valence-electron chi connectivity index (χ3n) is 2.62. The fourth-order valence-electron chi connectivity index (χ4n) is 1.61. The van der Waals surface area contributed by atoms with Gasteiger partial charge in [-0.25, -0.2) is 8.42 Å². The normalized spacial score (nSPS) is 11.0. The molecule has 0 fully saturated rings. The molecule has 2 rings (SSSR count). The molecule has 110 valence electrons. The van der Waals surface area contributed by atoms with Crippen LogP contribution in [0.1, 0.15) is 10.4 Å². The molecule has 6 heteroatoms. The van der Waals surface area contributed by atoms with Crippen LogP contribution in [0, 0.1) is 11.8 Å². The van der Waals surface area contributed by atoms with Gasteiger partial charge in [-0.05, 0) is 30.3 Å². The van der Waals surface area contributed by atoms with Gasteiger partial charge in [0.2, 0.25) is 0 Å². The zero-order valence-corrected chi connectivity index (χ0v) is 13.9. The van der Waals surface area contributed by atoms with Crippen molar-refractivity contribution < 1.29 is 8.42 Å². The van der Waals surface area contributed by atoms with Gasteiger partial charge in [-0.1, -0.05) is 11.8 Å². The van der Waals surface area contributed by atoms with Crippen LogP contribution in [-0.4, -0.2) is 21.2 Å². The fraction of sp³-hybridized carbons (Fsp3) is 0.200. The molecular weight excluding hydrogens is 322 g/mol. The molecule has 0 aliphatic rings. The Morgan fingerprint density at radius 3 is 2.62 bits per heavy atom. The summed E-state index contributed by atoms with van der Waals surface area (Å²) in [6, 6.07) is 9.02. The molecule has 3 nitrogen and oxygen atoms in total. The van der Waals surface area contributed by atoms with E-state index in [0.29, 0.717) is 11.4 Å². The van der Waals surface area contributed by atoms with Crippen molar-refractivity contribution in [3.63, 3.8) is 0 Å². The van der Waals surface area contributed by atoms with E-state index in [-0.39, 0.29) is 0 Å². The Morgan fingerprint density at radius 2 is 2.00 bits per heavy atom. The maximum absolute atomic E-state index is 11.4. The molecule has 0 unspecified atom stereocenters. The van der Waals surface area contributed by atoms with Gasteiger partial charge < -0.3 is 5.73 Å². The second-order valence-corrected chi connectivity index (χ2v) is 8.40. The van der Waals surface area contributed by atoms with Crippen LogP contribution in [-0.2, 0) is 15.6 Å². The van der Waals surface area contributed by atoms with Crippen LogP contribution in [0.15, 0.2) is 45.5 Å². The largest absolute Gasteiger partial charge is 0.320 e. The standard InChI is InChI=1S/C15H15NO2S3/c1-21(17,18)15-6-4-13(5-7-15)20-11-14-9-12(10-19-14)3-2-8-16/h4-7,9-10H,8,11,16H2,1H3. The molecule has 1 heterocycles. The third kappa shape index (κ3) is 4.90. The summed E-state index contributed by atoms with van der Waals surface area (Å²) < 4.78 is 22.8. The van der Waals surface area contributed by atoms with Crippen molar-refractivity contribution in [2.75, 3.05) is 12.8 Å². The van der Waals surface area contributed by atoms with Crippen LogP contribution in [0.5, 0.6) is 0 Å². The van der Waals surface area contributed by atoms with E-state index < -0.39 is 9.84 Å². The van der Waals surface area contributed by atoms with E-state index in [1.54, 1.807) is 35.2 Å². The minimum absolute atomic E-state index is 0.349. The highest BCUT2D eigenvalue weighted by Gasteiger charge is 2.06. The van der Waals surface area contributed by atoms with Gasteiger partial charge in [-0.2, -0.15) is 0 Å². The molecule has 0 aliphatic heterocycles. The van der Waals surface area contributed by atoms with Crippen molar-refractivity contribution in [3.05, 3.63) is 46.2 Å². The topological polar surface area (TPSA) is 60.2 Å². The Balaban J connectivity index is 1.98. The summed E-state index contributed by atoms with van der Waals surface area (Å²) in [5.74, 6) is 6.68. The Morgan fingerprint density at radius 1 is 1.29 bits per heavy atom. The molecule has 2 aromatic rings. The average molecular weight is 337 g/mol. The van der Waals surface area contributed by atoms with E-state index in [1.165, 1.54) is 11.1 Å². The highest BCUT2D eigenvalue weighted by Crippen LogP contribution is 2.27. The predicted molar refractivity (Wildman–Crippen MR) is 89.4 cm³/mol. The van der Waals surface area contributed by atoms with E-state index in [4.69, 9.17) is 5.73 Å². The van der Waals surface area contributed by atoms with Gasteiger partial charge in [-0.3, -0.25) is 0 Å². The summed E-state index contributed by atoms with van der Waals surface area (Å²) in [6.45, 7) is 0.368. The molecule has 0 bridgehead atoms. The van der Waals surface area contributed by atoms with Crippen LogP contribution in [0.25, 0.3) is 0 Å². The molecule has 0 saturated heterocycles. The summed E-state index contributed by atoms with van der Waals surface area (Å²) in [4.78, 5) is 2.63. The summed E-state index contributed by atoms with van der Waals surface area (Å²) in [7, 11) is -3.12. The van der Waals surface area contributed by atoms with Crippen LogP contribution in [0.4, 0.5) is 0 Å². The third-order valence-corrected chi connectivity index (χ3v) is 5.93. The van der Waals surface area contributed by atoms with Crippen molar-refractivity contribution in [3.8, 4) is 11.8 Å². The van der Waals surface area contributed by atoms with Gasteiger partial charge in [0.05, 0.1) is 11.4 Å². The van der Waals surface area contributed by atoms with E-state index in [0.717, 1.165) is 16.2 Å².